The van der Waals surface area contributed by atoms with Gasteiger partial charge in [-0.15, -0.1) is 0 Å². The molecule has 0 radical (unpaired) electrons. The zero-order chi connectivity index (χ0) is 18.5. The van der Waals surface area contributed by atoms with Gasteiger partial charge in [-0.25, -0.2) is 0 Å². The van der Waals surface area contributed by atoms with E-state index < -0.39 is 0 Å². The summed E-state index contributed by atoms with van der Waals surface area (Å²) in [4.78, 5) is 2.37. The molecule has 0 saturated heterocycles. The van der Waals surface area contributed by atoms with E-state index in [1.165, 1.54) is 11.1 Å². The number of rotatable bonds is 6. The molecule has 4 aromatic carbocycles. The molecule has 1 N–H and O–H groups in total. The van der Waals surface area contributed by atoms with Crippen LogP contribution in [0.2, 0.25) is 0 Å². The maximum absolute atomic E-state index is 10.8. The fourth-order valence-electron chi connectivity index (χ4n) is 3.52. The fourth-order valence-corrected chi connectivity index (χ4v) is 3.52. The summed E-state index contributed by atoms with van der Waals surface area (Å²) in [6.45, 7) is 2.37. The van der Waals surface area contributed by atoms with Crippen LogP contribution in [-0.4, -0.2) is 10.0 Å². The Morgan fingerprint density at radius 2 is 1.11 bits per heavy atom. The molecule has 0 amide bonds. The van der Waals surface area contributed by atoms with Crippen LogP contribution in [-0.2, 0) is 19.6 Å². The predicted octanol–water partition coefficient (Wildman–Crippen LogP) is 5.75. The van der Waals surface area contributed by atoms with Gasteiger partial charge in [0, 0.05) is 30.6 Å². The van der Waals surface area contributed by atoms with Crippen LogP contribution < -0.4 is 0 Å². The third kappa shape index (κ3) is 4.18. The number of hydrogen-bond acceptors (Lipinski definition) is 2. The maximum atomic E-state index is 10.8. The predicted molar refractivity (Wildman–Crippen MR) is 111 cm³/mol. The van der Waals surface area contributed by atoms with Crippen molar-refractivity contribution in [3.8, 4) is 5.75 Å². The summed E-state index contributed by atoms with van der Waals surface area (Å²) in [6.07, 6.45) is 0. The first-order valence-electron chi connectivity index (χ1n) is 9.29. The molecule has 0 saturated carbocycles. The highest BCUT2D eigenvalue weighted by molar-refractivity contribution is 5.89. The van der Waals surface area contributed by atoms with E-state index in [-0.39, 0.29) is 0 Å². The Morgan fingerprint density at radius 1 is 0.556 bits per heavy atom. The number of phenols is 1. The van der Waals surface area contributed by atoms with Crippen LogP contribution >= 0.6 is 0 Å². The summed E-state index contributed by atoms with van der Waals surface area (Å²) in [5, 5.41) is 12.8. The highest BCUT2D eigenvalue weighted by atomic mass is 16.3. The minimum absolute atomic E-state index is 0.388. The third-order valence-corrected chi connectivity index (χ3v) is 4.88. The van der Waals surface area contributed by atoms with Gasteiger partial charge >= 0.3 is 0 Å². The van der Waals surface area contributed by atoms with E-state index in [0.717, 1.165) is 29.4 Å². The van der Waals surface area contributed by atoms with Crippen molar-refractivity contribution in [3.05, 3.63) is 114 Å². The van der Waals surface area contributed by atoms with E-state index in [2.05, 4.69) is 59.5 Å². The van der Waals surface area contributed by atoms with Crippen molar-refractivity contribution in [1.29, 1.82) is 0 Å². The molecule has 0 unspecified atom stereocenters. The van der Waals surface area contributed by atoms with E-state index in [9.17, 15) is 5.11 Å². The normalized spacial score (nSPS) is 11.1. The number of phenolic OH excluding ortho intramolecular Hbond substituents is 1. The minimum atomic E-state index is 0.388. The molecule has 0 atom stereocenters. The lowest BCUT2D eigenvalue weighted by atomic mass is 10.0. The molecule has 4 rings (SSSR count). The van der Waals surface area contributed by atoms with Gasteiger partial charge in [-0.2, -0.15) is 0 Å². The van der Waals surface area contributed by atoms with Crippen molar-refractivity contribution in [2.24, 2.45) is 0 Å². The van der Waals surface area contributed by atoms with Gasteiger partial charge in [0.05, 0.1) is 0 Å². The standard InChI is InChI=1S/C25H23NO/c27-25-23(16-15-22-13-7-8-14-24(22)25)19-26(17-20-9-3-1-4-10-20)18-21-11-5-2-6-12-21/h1-16,27H,17-19H2. The van der Waals surface area contributed by atoms with Crippen LogP contribution in [0.25, 0.3) is 10.8 Å². The second-order valence-corrected chi connectivity index (χ2v) is 6.91. The molecule has 0 aliphatic carbocycles. The molecule has 0 aliphatic rings. The van der Waals surface area contributed by atoms with Crippen molar-refractivity contribution in [2.75, 3.05) is 0 Å². The molecule has 134 valence electrons. The van der Waals surface area contributed by atoms with Crippen molar-refractivity contribution in [2.45, 2.75) is 19.6 Å². The zero-order valence-electron chi connectivity index (χ0n) is 15.3. The van der Waals surface area contributed by atoms with Gasteiger partial charge in [0.2, 0.25) is 0 Å². The Bertz CT molecular complexity index is 971. The summed E-state index contributed by atoms with van der Waals surface area (Å²) < 4.78 is 0. The average Bonchev–Trinajstić information content (AvgIpc) is 2.72. The number of aromatic hydroxyl groups is 1. The Balaban J connectivity index is 1.63. The summed E-state index contributed by atoms with van der Waals surface area (Å²) in [7, 11) is 0. The van der Waals surface area contributed by atoms with E-state index in [1.807, 2.05) is 42.5 Å². The molecule has 4 aromatic rings. The lowest BCUT2D eigenvalue weighted by Crippen LogP contribution is -2.22. The molecule has 0 spiro atoms. The van der Waals surface area contributed by atoms with Crippen LogP contribution in [0.15, 0.2) is 97.1 Å². The van der Waals surface area contributed by atoms with Gasteiger partial charge < -0.3 is 5.11 Å². The lowest BCUT2D eigenvalue weighted by Gasteiger charge is -2.23. The average molecular weight is 353 g/mol. The van der Waals surface area contributed by atoms with Crippen LogP contribution in [0.1, 0.15) is 16.7 Å². The molecule has 0 fully saturated rings. The largest absolute Gasteiger partial charge is 0.507 e. The van der Waals surface area contributed by atoms with Gasteiger partial charge in [0.25, 0.3) is 0 Å². The SMILES string of the molecule is Oc1c(CN(Cc2ccccc2)Cc2ccccc2)ccc2ccccc12. The Labute approximate surface area is 160 Å². The van der Waals surface area contributed by atoms with E-state index in [0.29, 0.717) is 12.3 Å². The minimum Gasteiger partial charge on any atom is -0.507 e. The summed E-state index contributed by atoms with van der Waals surface area (Å²) in [5.74, 6) is 0.388. The van der Waals surface area contributed by atoms with E-state index in [4.69, 9.17) is 0 Å². The highest BCUT2D eigenvalue weighted by Crippen LogP contribution is 2.30. The summed E-state index contributed by atoms with van der Waals surface area (Å²) in [6, 6.07) is 33.1. The van der Waals surface area contributed by atoms with Crippen LogP contribution in [0, 0.1) is 0 Å². The highest BCUT2D eigenvalue weighted by Gasteiger charge is 2.12. The Kier molecular flexibility index (Phi) is 5.17. The van der Waals surface area contributed by atoms with Crippen LogP contribution in [0.4, 0.5) is 0 Å². The van der Waals surface area contributed by atoms with Crippen molar-refractivity contribution in [3.63, 3.8) is 0 Å². The zero-order valence-corrected chi connectivity index (χ0v) is 15.3. The smallest absolute Gasteiger partial charge is 0.127 e. The van der Waals surface area contributed by atoms with Crippen molar-refractivity contribution in [1.82, 2.24) is 4.90 Å². The lowest BCUT2D eigenvalue weighted by molar-refractivity contribution is 0.244. The molecule has 0 bridgehead atoms. The number of nitrogens with zero attached hydrogens (tertiary/aromatic N) is 1. The topological polar surface area (TPSA) is 23.5 Å². The summed E-state index contributed by atoms with van der Waals surface area (Å²) >= 11 is 0. The second kappa shape index (κ2) is 8.07. The van der Waals surface area contributed by atoms with Crippen LogP contribution in [0.3, 0.4) is 0 Å². The summed E-state index contributed by atoms with van der Waals surface area (Å²) in [5.41, 5.74) is 3.50. The van der Waals surface area contributed by atoms with E-state index in [1.54, 1.807) is 0 Å². The van der Waals surface area contributed by atoms with Crippen LogP contribution in [0.5, 0.6) is 5.75 Å². The number of hydrogen-bond donors (Lipinski definition) is 1. The molecule has 2 heteroatoms. The first kappa shape index (κ1) is 17.3. The number of fused-ring (bicyclic) bond motifs is 1. The molecule has 27 heavy (non-hydrogen) atoms. The van der Waals surface area contributed by atoms with Gasteiger partial charge in [-0.3, -0.25) is 4.90 Å². The van der Waals surface area contributed by atoms with Gasteiger partial charge in [-0.05, 0) is 16.5 Å². The van der Waals surface area contributed by atoms with Gasteiger partial charge in [0.1, 0.15) is 5.75 Å². The third-order valence-electron chi connectivity index (χ3n) is 4.88. The second-order valence-electron chi connectivity index (χ2n) is 6.91. The Hall–Kier alpha value is -3.10. The Morgan fingerprint density at radius 3 is 1.74 bits per heavy atom. The number of benzene rings is 4. The molecule has 2 nitrogen and oxygen atoms in total. The quantitative estimate of drug-likeness (QED) is 0.477. The van der Waals surface area contributed by atoms with E-state index >= 15 is 0 Å². The molecule has 0 aromatic heterocycles. The fraction of sp³-hybridized carbons (Fsp3) is 0.120. The first-order valence-corrected chi connectivity index (χ1v) is 9.29. The molecular weight excluding hydrogens is 330 g/mol. The van der Waals surface area contributed by atoms with Gasteiger partial charge in [-0.1, -0.05) is 97.1 Å². The van der Waals surface area contributed by atoms with Crippen molar-refractivity contribution < 1.29 is 5.11 Å². The molecule has 0 heterocycles. The monoisotopic (exact) mass is 353 g/mol. The maximum Gasteiger partial charge on any atom is 0.127 e. The van der Waals surface area contributed by atoms with Crippen molar-refractivity contribution >= 4 is 10.8 Å². The van der Waals surface area contributed by atoms with Gasteiger partial charge in [0.15, 0.2) is 0 Å². The first-order chi connectivity index (χ1) is 13.3. The molecular formula is C25H23NO. The molecule has 0 aliphatic heterocycles.